The lowest BCUT2D eigenvalue weighted by Gasteiger charge is -2.06. The predicted molar refractivity (Wildman–Crippen MR) is 41.8 cm³/mol. The Kier molecular flexibility index (Phi) is 4.86. The van der Waals surface area contributed by atoms with E-state index in [1.165, 1.54) is 0 Å². The van der Waals surface area contributed by atoms with E-state index in [2.05, 4.69) is 9.78 Å². The van der Waals surface area contributed by atoms with E-state index in [0.717, 1.165) is 0 Å². The van der Waals surface area contributed by atoms with E-state index in [1.54, 1.807) is 0 Å². The van der Waals surface area contributed by atoms with Crippen LogP contribution in [0.5, 0.6) is 0 Å². The van der Waals surface area contributed by atoms with E-state index in [-0.39, 0.29) is 12.1 Å². The van der Waals surface area contributed by atoms with Gasteiger partial charge in [-0.2, -0.15) is 4.89 Å². The van der Waals surface area contributed by atoms with Crippen LogP contribution >= 0.6 is 0 Å². The fraction of sp³-hybridized carbons (Fsp3) is 0.875. The van der Waals surface area contributed by atoms with Gasteiger partial charge in [-0.1, -0.05) is 13.8 Å². The molecule has 0 heterocycles. The first-order valence-electron chi connectivity index (χ1n) is 3.88. The van der Waals surface area contributed by atoms with Gasteiger partial charge in [0.2, 0.25) is 0 Å². The zero-order valence-corrected chi connectivity index (χ0v) is 7.59. The van der Waals surface area contributed by atoms with Crippen molar-refractivity contribution in [1.82, 2.24) is 0 Å². The molecule has 0 aromatic rings. The molecule has 0 aromatic heterocycles. The van der Waals surface area contributed by atoms with E-state index in [0.29, 0.717) is 12.3 Å². The molecule has 0 saturated heterocycles. The molecule has 0 amide bonds. The largest absolute Gasteiger partial charge is 0.342 e. The fourth-order valence-corrected chi connectivity index (χ4v) is 0.517. The van der Waals surface area contributed by atoms with Crippen LogP contribution in [0.15, 0.2) is 0 Å². The summed E-state index contributed by atoms with van der Waals surface area (Å²) < 4.78 is 0. The molecule has 3 nitrogen and oxygen atoms in total. The van der Waals surface area contributed by atoms with Gasteiger partial charge in [-0.05, 0) is 19.8 Å². The summed E-state index contributed by atoms with van der Waals surface area (Å²) in [5, 5.41) is 0. The quantitative estimate of drug-likeness (QED) is 0.465. The molecule has 0 aliphatic rings. The lowest BCUT2D eigenvalue weighted by atomic mass is 10.1. The van der Waals surface area contributed by atoms with Crippen LogP contribution in [0.25, 0.3) is 0 Å². The first-order chi connectivity index (χ1) is 5.02. The molecule has 0 spiro atoms. The van der Waals surface area contributed by atoms with Gasteiger partial charge in [0.15, 0.2) is 0 Å². The molecule has 0 atom stereocenters. The zero-order valence-electron chi connectivity index (χ0n) is 7.59. The average molecular weight is 160 g/mol. The Morgan fingerprint density at radius 2 is 1.82 bits per heavy atom. The minimum Gasteiger partial charge on any atom is -0.298 e. The van der Waals surface area contributed by atoms with Crippen molar-refractivity contribution in [3.05, 3.63) is 0 Å². The Hall–Kier alpha value is -0.570. The van der Waals surface area contributed by atoms with Crippen molar-refractivity contribution >= 4 is 5.97 Å². The maximum atomic E-state index is 10.8. The topological polar surface area (TPSA) is 35.5 Å². The molecule has 3 heteroatoms. The third-order valence-electron chi connectivity index (χ3n) is 0.908. The number of hydrogen-bond acceptors (Lipinski definition) is 3. The van der Waals surface area contributed by atoms with Crippen LogP contribution in [0.3, 0.4) is 0 Å². The summed E-state index contributed by atoms with van der Waals surface area (Å²) in [7, 11) is 0. The molecule has 0 aliphatic carbocycles. The van der Waals surface area contributed by atoms with Gasteiger partial charge in [0.1, 0.15) is 0 Å². The van der Waals surface area contributed by atoms with Crippen molar-refractivity contribution in [1.29, 1.82) is 0 Å². The SMILES string of the molecule is CC(C)CC(=O)OOC(C)C. The zero-order chi connectivity index (χ0) is 8.85. The number of rotatable bonds is 4. The molecule has 0 aromatic carbocycles. The van der Waals surface area contributed by atoms with E-state index in [1.807, 2.05) is 27.7 Å². The van der Waals surface area contributed by atoms with Crippen molar-refractivity contribution < 1.29 is 14.6 Å². The molecule has 0 bridgehead atoms. The van der Waals surface area contributed by atoms with Crippen LogP contribution in [0, 0.1) is 5.92 Å². The fourth-order valence-electron chi connectivity index (χ4n) is 0.517. The predicted octanol–water partition coefficient (Wildman–Crippen LogP) is 1.92. The van der Waals surface area contributed by atoms with Gasteiger partial charge in [-0.15, -0.1) is 0 Å². The molecule has 0 saturated carbocycles. The van der Waals surface area contributed by atoms with Crippen LogP contribution in [0.1, 0.15) is 34.1 Å². The normalized spacial score (nSPS) is 10.7. The van der Waals surface area contributed by atoms with Crippen molar-refractivity contribution in [3.8, 4) is 0 Å². The molecule has 0 unspecified atom stereocenters. The molecule has 0 radical (unpaired) electrons. The van der Waals surface area contributed by atoms with Gasteiger partial charge in [0.05, 0.1) is 12.5 Å². The molecule has 66 valence electrons. The lowest BCUT2D eigenvalue weighted by Crippen LogP contribution is -2.12. The van der Waals surface area contributed by atoms with Crippen LogP contribution in [-0.4, -0.2) is 12.1 Å². The van der Waals surface area contributed by atoms with Crippen LogP contribution in [0.2, 0.25) is 0 Å². The summed E-state index contributed by atoms with van der Waals surface area (Å²) in [6, 6.07) is 0. The summed E-state index contributed by atoms with van der Waals surface area (Å²) in [6.45, 7) is 7.53. The van der Waals surface area contributed by atoms with Crippen molar-refractivity contribution in [2.75, 3.05) is 0 Å². The van der Waals surface area contributed by atoms with Crippen LogP contribution in [-0.2, 0) is 14.6 Å². The lowest BCUT2D eigenvalue weighted by molar-refractivity contribution is -0.291. The minimum atomic E-state index is -0.298. The highest BCUT2D eigenvalue weighted by molar-refractivity contribution is 5.68. The van der Waals surface area contributed by atoms with E-state index >= 15 is 0 Å². The highest BCUT2D eigenvalue weighted by Crippen LogP contribution is 2.02. The number of hydrogen-bond donors (Lipinski definition) is 0. The summed E-state index contributed by atoms with van der Waals surface area (Å²) in [4.78, 5) is 19.9. The standard InChI is InChI=1S/C8H16O3/c1-6(2)5-8(9)11-10-7(3)4/h6-7H,5H2,1-4H3. The Morgan fingerprint density at radius 1 is 1.27 bits per heavy atom. The smallest absolute Gasteiger partial charge is 0.298 e. The molecule has 0 rings (SSSR count). The van der Waals surface area contributed by atoms with Gasteiger partial charge >= 0.3 is 5.97 Å². The third kappa shape index (κ3) is 7.33. The second kappa shape index (κ2) is 5.13. The Balaban J connectivity index is 3.38. The van der Waals surface area contributed by atoms with Gasteiger partial charge in [-0.3, -0.25) is 4.89 Å². The Bertz CT molecular complexity index is 119. The summed E-state index contributed by atoms with van der Waals surface area (Å²) in [6.07, 6.45) is 0.346. The van der Waals surface area contributed by atoms with Crippen molar-refractivity contribution in [3.63, 3.8) is 0 Å². The van der Waals surface area contributed by atoms with Gasteiger partial charge in [0, 0.05) is 0 Å². The van der Waals surface area contributed by atoms with Gasteiger partial charge < -0.3 is 0 Å². The molecular formula is C8H16O3. The number of carbonyl (C=O) groups is 1. The average Bonchev–Trinajstić information content (AvgIpc) is 1.82. The molecular weight excluding hydrogens is 144 g/mol. The maximum Gasteiger partial charge on any atom is 0.342 e. The van der Waals surface area contributed by atoms with Gasteiger partial charge in [0.25, 0.3) is 0 Å². The van der Waals surface area contributed by atoms with Crippen molar-refractivity contribution in [2.24, 2.45) is 5.92 Å². The molecule has 0 N–H and O–H groups in total. The maximum absolute atomic E-state index is 10.8. The van der Waals surface area contributed by atoms with Crippen LogP contribution < -0.4 is 0 Å². The second-order valence-electron chi connectivity index (χ2n) is 3.20. The van der Waals surface area contributed by atoms with E-state index in [9.17, 15) is 4.79 Å². The first-order valence-corrected chi connectivity index (χ1v) is 3.88. The summed E-state index contributed by atoms with van der Waals surface area (Å²) >= 11 is 0. The van der Waals surface area contributed by atoms with E-state index in [4.69, 9.17) is 0 Å². The third-order valence-corrected chi connectivity index (χ3v) is 0.908. The monoisotopic (exact) mass is 160 g/mol. The Labute approximate surface area is 67.6 Å². The molecule has 0 aliphatic heterocycles. The summed E-state index contributed by atoms with van der Waals surface area (Å²) in [5.74, 6) is 0.0203. The highest BCUT2D eigenvalue weighted by atomic mass is 17.2. The highest BCUT2D eigenvalue weighted by Gasteiger charge is 2.07. The molecule has 0 fully saturated rings. The number of carbonyl (C=O) groups excluding carboxylic acids is 1. The van der Waals surface area contributed by atoms with Gasteiger partial charge in [-0.25, -0.2) is 4.79 Å². The summed E-state index contributed by atoms with van der Waals surface area (Å²) in [5.41, 5.74) is 0. The second-order valence-corrected chi connectivity index (χ2v) is 3.20. The minimum absolute atomic E-state index is 0.0638. The van der Waals surface area contributed by atoms with Crippen molar-refractivity contribution in [2.45, 2.75) is 40.2 Å². The molecule has 11 heavy (non-hydrogen) atoms. The van der Waals surface area contributed by atoms with Crippen LogP contribution in [0.4, 0.5) is 0 Å². The first kappa shape index (κ1) is 10.4. The Morgan fingerprint density at radius 3 is 2.18 bits per heavy atom. The van der Waals surface area contributed by atoms with E-state index < -0.39 is 0 Å².